The smallest absolute Gasteiger partial charge is 0.352 e. The number of nitro groups is 1. The molecule has 1 heterocycles. The van der Waals surface area contributed by atoms with Gasteiger partial charge in [0.25, 0.3) is 5.69 Å². The van der Waals surface area contributed by atoms with Gasteiger partial charge in [0.15, 0.2) is 0 Å². The Morgan fingerprint density at radius 3 is 2.79 bits per heavy atom. The fourth-order valence-electron chi connectivity index (χ4n) is 1.41. The summed E-state index contributed by atoms with van der Waals surface area (Å²) in [6, 6.07) is 0.908. The van der Waals surface area contributed by atoms with E-state index < -0.39 is 16.8 Å². The molecule has 1 aromatic rings. The van der Waals surface area contributed by atoms with Gasteiger partial charge in [-0.05, 0) is 0 Å². The lowest BCUT2D eigenvalue weighted by molar-refractivity contribution is -0.384. The highest BCUT2D eigenvalue weighted by molar-refractivity contribution is 5.88. The number of carboxylic acids is 1. The number of aromatic carboxylic acids is 1. The summed E-state index contributed by atoms with van der Waals surface area (Å²) in [6.07, 6.45) is 1.01. The van der Waals surface area contributed by atoms with Gasteiger partial charge in [0.2, 0.25) is 5.91 Å². The first-order chi connectivity index (χ1) is 8.95. The molecule has 9 nitrogen and oxygen atoms in total. The molecule has 1 aromatic heterocycles. The third-order valence-corrected chi connectivity index (χ3v) is 2.25. The van der Waals surface area contributed by atoms with Crippen LogP contribution in [-0.4, -0.2) is 46.7 Å². The highest BCUT2D eigenvalue weighted by Gasteiger charge is 2.19. The van der Waals surface area contributed by atoms with Crippen molar-refractivity contribution in [1.82, 2.24) is 9.88 Å². The average molecular weight is 271 g/mol. The summed E-state index contributed by atoms with van der Waals surface area (Å²) in [7, 11) is 1.48. The third kappa shape index (κ3) is 4.07. The summed E-state index contributed by atoms with van der Waals surface area (Å²) < 4.78 is 5.75. The zero-order chi connectivity index (χ0) is 14.4. The predicted octanol–water partition coefficient (Wildman–Crippen LogP) is -0.143. The van der Waals surface area contributed by atoms with Gasteiger partial charge in [0.1, 0.15) is 12.2 Å². The molecule has 0 fully saturated rings. The van der Waals surface area contributed by atoms with E-state index in [0.29, 0.717) is 6.61 Å². The number of amides is 1. The van der Waals surface area contributed by atoms with E-state index in [-0.39, 0.29) is 24.5 Å². The number of hydrogen-bond acceptors (Lipinski definition) is 5. The number of hydrogen-bond donors (Lipinski definition) is 2. The van der Waals surface area contributed by atoms with Gasteiger partial charge in [-0.1, -0.05) is 0 Å². The van der Waals surface area contributed by atoms with Crippen molar-refractivity contribution in [3.8, 4) is 0 Å². The van der Waals surface area contributed by atoms with E-state index in [1.54, 1.807) is 0 Å². The Labute approximate surface area is 107 Å². The maximum absolute atomic E-state index is 11.5. The van der Waals surface area contributed by atoms with Crippen molar-refractivity contribution in [2.24, 2.45) is 0 Å². The second kappa shape index (κ2) is 6.50. The van der Waals surface area contributed by atoms with Gasteiger partial charge in [-0.15, -0.1) is 0 Å². The van der Waals surface area contributed by atoms with Crippen LogP contribution in [0.15, 0.2) is 12.3 Å². The molecule has 0 atom stereocenters. The molecule has 0 aliphatic carbocycles. The first-order valence-electron chi connectivity index (χ1n) is 5.29. The Bertz CT molecular complexity index is 495. The minimum Gasteiger partial charge on any atom is -0.477 e. The van der Waals surface area contributed by atoms with Crippen molar-refractivity contribution in [3.63, 3.8) is 0 Å². The quantitative estimate of drug-likeness (QED) is 0.404. The topological polar surface area (TPSA) is 124 Å². The van der Waals surface area contributed by atoms with E-state index in [2.05, 4.69) is 5.32 Å². The zero-order valence-corrected chi connectivity index (χ0v) is 10.2. The lowest BCUT2D eigenvalue weighted by Gasteiger charge is -2.06. The van der Waals surface area contributed by atoms with E-state index in [1.165, 1.54) is 7.11 Å². The monoisotopic (exact) mass is 271 g/mol. The lowest BCUT2D eigenvalue weighted by atomic mass is 10.4. The fourth-order valence-corrected chi connectivity index (χ4v) is 1.41. The molecule has 1 amide bonds. The highest BCUT2D eigenvalue weighted by Crippen LogP contribution is 2.16. The van der Waals surface area contributed by atoms with Gasteiger partial charge in [0, 0.05) is 19.7 Å². The molecular formula is C10H13N3O6. The number of ether oxygens (including phenoxy) is 1. The molecule has 0 saturated carbocycles. The molecule has 2 N–H and O–H groups in total. The zero-order valence-electron chi connectivity index (χ0n) is 10.2. The molecule has 0 radical (unpaired) electrons. The summed E-state index contributed by atoms with van der Waals surface area (Å²) >= 11 is 0. The van der Waals surface area contributed by atoms with Crippen LogP contribution >= 0.6 is 0 Å². The van der Waals surface area contributed by atoms with Crippen LogP contribution in [0.5, 0.6) is 0 Å². The van der Waals surface area contributed by atoms with Crippen molar-refractivity contribution in [2.45, 2.75) is 6.54 Å². The number of methoxy groups -OCH3 is 1. The molecule has 1 rings (SSSR count). The Hall–Kier alpha value is -2.42. The number of aromatic nitrogens is 1. The van der Waals surface area contributed by atoms with Crippen LogP contribution < -0.4 is 5.32 Å². The third-order valence-electron chi connectivity index (χ3n) is 2.25. The molecule has 0 aromatic carbocycles. The summed E-state index contributed by atoms with van der Waals surface area (Å²) in [5.74, 6) is -1.79. The largest absolute Gasteiger partial charge is 0.477 e. The van der Waals surface area contributed by atoms with E-state index in [9.17, 15) is 19.7 Å². The second-order valence-electron chi connectivity index (χ2n) is 3.62. The first kappa shape index (κ1) is 14.6. The molecule has 0 spiro atoms. The van der Waals surface area contributed by atoms with Crippen molar-refractivity contribution < 1.29 is 24.4 Å². The lowest BCUT2D eigenvalue weighted by Crippen LogP contribution is -2.30. The second-order valence-corrected chi connectivity index (χ2v) is 3.62. The maximum atomic E-state index is 11.5. The van der Waals surface area contributed by atoms with E-state index in [1.807, 2.05) is 0 Å². The van der Waals surface area contributed by atoms with Gasteiger partial charge in [0.05, 0.1) is 17.7 Å². The van der Waals surface area contributed by atoms with Crippen molar-refractivity contribution in [1.29, 1.82) is 0 Å². The van der Waals surface area contributed by atoms with Crippen LogP contribution in [0.25, 0.3) is 0 Å². The number of rotatable bonds is 7. The normalized spacial score (nSPS) is 10.2. The molecular weight excluding hydrogens is 258 g/mol. The summed E-state index contributed by atoms with van der Waals surface area (Å²) in [6.45, 7) is 0.295. The SMILES string of the molecule is COCCNC(=O)Cn1cc([N+](=O)[O-])cc1C(=O)O. The summed E-state index contributed by atoms with van der Waals surface area (Å²) in [5.41, 5.74) is -0.685. The van der Waals surface area contributed by atoms with E-state index in [0.717, 1.165) is 16.8 Å². The number of nitrogens with one attached hydrogen (secondary N) is 1. The highest BCUT2D eigenvalue weighted by atomic mass is 16.6. The Morgan fingerprint density at radius 1 is 1.58 bits per heavy atom. The molecule has 0 aliphatic rings. The van der Waals surface area contributed by atoms with Gasteiger partial charge in [-0.25, -0.2) is 4.79 Å². The maximum Gasteiger partial charge on any atom is 0.352 e. The van der Waals surface area contributed by atoms with Crippen LogP contribution in [0.2, 0.25) is 0 Å². The van der Waals surface area contributed by atoms with Gasteiger partial charge >= 0.3 is 5.97 Å². The van der Waals surface area contributed by atoms with Crippen LogP contribution in [0, 0.1) is 10.1 Å². The molecule has 0 bridgehead atoms. The standard InChI is InChI=1S/C10H13N3O6/c1-19-3-2-11-9(14)6-12-5-7(13(17)18)4-8(12)10(15)16/h4-5H,2-3,6H2,1H3,(H,11,14)(H,15,16). The molecule has 0 unspecified atom stereocenters. The molecule has 19 heavy (non-hydrogen) atoms. The van der Waals surface area contributed by atoms with Crippen molar-refractivity contribution in [2.75, 3.05) is 20.3 Å². The minimum absolute atomic E-state index is 0.279. The van der Waals surface area contributed by atoms with Crippen LogP contribution in [0.1, 0.15) is 10.5 Å². The number of carbonyl (C=O) groups excluding carboxylic acids is 1. The molecule has 104 valence electrons. The van der Waals surface area contributed by atoms with Gasteiger partial charge in [-0.3, -0.25) is 14.9 Å². The van der Waals surface area contributed by atoms with Crippen LogP contribution in [0.4, 0.5) is 5.69 Å². The van der Waals surface area contributed by atoms with Gasteiger partial charge in [-0.2, -0.15) is 0 Å². The molecule has 0 saturated heterocycles. The Morgan fingerprint density at radius 2 is 2.26 bits per heavy atom. The van der Waals surface area contributed by atoms with Crippen LogP contribution in [0.3, 0.4) is 0 Å². The van der Waals surface area contributed by atoms with Crippen molar-refractivity contribution >= 4 is 17.6 Å². The molecule has 0 aliphatic heterocycles. The van der Waals surface area contributed by atoms with E-state index >= 15 is 0 Å². The summed E-state index contributed by atoms with van der Waals surface area (Å²) in [5, 5.41) is 21.9. The summed E-state index contributed by atoms with van der Waals surface area (Å²) in [4.78, 5) is 32.2. The minimum atomic E-state index is -1.34. The number of nitrogens with zero attached hydrogens (tertiary/aromatic N) is 2. The van der Waals surface area contributed by atoms with Gasteiger partial charge < -0.3 is 19.7 Å². The molecule has 9 heteroatoms. The van der Waals surface area contributed by atoms with Crippen LogP contribution in [-0.2, 0) is 16.1 Å². The fraction of sp³-hybridized carbons (Fsp3) is 0.400. The average Bonchev–Trinajstić information content (AvgIpc) is 2.73. The number of carboxylic acid groups (broad SMARTS) is 1. The number of carbonyl (C=O) groups is 2. The van der Waals surface area contributed by atoms with Crippen molar-refractivity contribution in [3.05, 3.63) is 28.1 Å². The van der Waals surface area contributed by atoms with E-state index in [4.69, 9.17) is 9.84 Å². The Kier molecular flexibility index (Phi) is 5.01. The predicted molar refractivity (Wildman–Crippen MR) is 62.9 cm³/mol. The first-order valence-corrected chi connectivity index (χ1v) is 5.29. The Balaban J connectivity index is 2.78.